The molecule has 0 spiro atoms. The van der Waals surface area contributed by atoms with Gasteiger partial charge in [0.15, 0.2) is 0 Å². The molecule has 0 unspecified atom stereocenters. The van der Waals surface area contributed by atoms with Gasteiger partial charge in [-0.15, -0.1) is 5.41 Å². The number of hydrogen-bond acceptors (Lipinski definition) is 1. The Morgan fingerprint density at radius 1 is 1.29 bits per heavy atom. The standard InChI is InChI=1S/C5H9O.Ag/c1-5(2,3)4-6;/h1-3H3;/q-1;+1. The summed E-state index contributed by atoms with van der Waals surface area (Å²) in [6, 6.07) is 0. The van der Waals surface area contributed by atoms with Crippen LogP contribution in [0.2, 0.25) is 0 Å². The molecule has 0 atom stereocenters. The molecular weight excluding hydrogens is 184 g/mol. The number of carbonyl (C=O) groups excluding carboxylic acids is 1. The van der Waals surface area contributed by atoms with Gasteiger partial charge >= 0.3 is 22.4 Å². The molecule has 0 bridgehead atoms. The summed E-state index contributed by atoms with van der Waals surface area (Å²) in [5.74, 6) is 0. The minimum atomic E-state index is -0.264. The third kappa shape index (κ3) is 10.7. The van der Waals surface area contributed by atoms with Crippen LogP contribution in [0.5, 0.6) is 0 Å². The van der Waals surface area contributed by atoms with Crippen molar-refractivity contribution >= 4 is 6.29 Å². The van der Waals surface area contributed by atoms with Crippen molar-refractivity contribution in [1.82, 2.24) is 0 Å². The Bertz CT molecular complexity index is 53.6. The quantitative estimate of drug-likeness (QED) is 0.416. The van der Waals surface area contributed by atoms with Crippen LogP contribution >= 0.6 is 0 Å². The van der Waals surface area contributed by atoms with E-state index in [0.717, 1.165) is 0 Å². The minimum absolute atomic E-state index is 0. The normalized spacial score (nSPS) is 9.57. The molecule has 0 heterocycles. The Balaban J connectivity index is 0. The van der Waals surface area contributed by atoms with E-state index in [1.54, 1.807) is 0 Å². The van der Waals surface area contributed by atoms with Gasteiger partial charge in [0, 0.05) is 0 Å². The maximum Gasteiger partial charge on any atom is 1.00 e. The van der Waals surface area contributed by atoms with Crippen LogP contribution in [0.15, 0.2) is 0 Å². The molecule has 2 heteroatoms. The van der Waals surface area contributed by atoms with Gasteiger partial charge in [0.25, 0.3) is 0 Å². The summed E-state index contributed by atoms with van der Waals surface area (Å²) in [5.41, 5.74) is -0.264. The van der Waals surface area contributed by atoms with Gasteiger partial charge in [-0.1, -0.05) is 20.8 Å². The molecule has 0 amide bonds. The van der Waals surface area contributed by atoms with Crippen molar-refractivity contribution in [2.24, 2.45) is 5.41 Å². The average molecular weight is 193 g/mol. The first-order valence-corrected chi connectivity index (χ1v) is 1.95. The molecule has 0 aromatic carbocycles. The summed E-state index contributed by atoms with van der Waals surface area (Å²) in [6.45, 7) is 5.46. The second-order valence-electron chi connectivity index (χ2n) is 2.35. The zero-order valence-electron chi connectivity index (χ0n) is 4.71. The van der Waals surface area contributed by atoms with E-state index in [1.807, 2.05) is 27.1 Å². The molecule has 0 aliphatic rings. The minimum Gasteiger partial charge on any atom is -0.541 e. The first-order chi connectivity index (χ1) is 2.56. The first kappa shape index (κ1) is 10.4. The summed E-state index contributed by atoms with van der Waals surface area (Å²) >= 11 is 0. The molecule has 46 valence electrons. The second kappa shape index (κ2) is 3.42. The van der Waals surface area contributed by atoms with Gasteiger partial charge in [0.1, 0.15) is 0 Å². The summed E-state index contributed by atoms with van der Waals surface area (Å²) in [6.07, 6.45) is 1.85. The van der Waals surface area contributed by atoms with E-state index in [9.17, 15) is 4.79 Å². The van der Waals surface area contributed by atoms with Crippen molar-refractivity contribution in [3.8, 4) is 0 Å². The van der Waals surface area contributed by atoms with Crippen molar-refractivity contribution in [1.29, 1.82) is 0 Å². The fourth-order valence-electron chi connectivity index (χ4n) is 0. The van der Waals surface area contributed by atoms with E-state index >= 15 is 0 Å². The fraction of sp³-hybridized carbons (Fsp3) is 0.800. The zero-order chi connectivity index (χ0) is 5.21. The smallest absolute Gasteiger partial charge is 0.541 e. The van der Waals surface area contributed by atoms with E-state index in [2.05, 4.69) is 0 Å². The van der Waals surface area contributed by atoms with Crippen LogP contribution in [-0.2, 0) is 27.2 Å². The maximum atomic E-state index is 9.70. The third-order valence-electron chi connectivity index (χ3n) is 0.306. The molecule has 0 saturated heterocycles. The Morgan fingerprint density at radius 2 is 1.43 bits per heavy atom. The van der Waals surface area contributed by atoms with E-state index in [4.69, 9.17) is 0 Å². The molecule has 0 aromatic rings. The first-order valence-electron chi connectivity index (χ1n) is 1.95. The van der Waals surface area contributed by atoms with Crippen LogP contribution in [0.1, 0.15) is 20.8 Å². The van der Waals surface area contributed by atoms with Crippen molar-refractivity contribution in [3.05, 3.63) is 0 Å². The van der Waals surface area contributed by atoms with Crippen LogP contribution in [0.25, 0.3) is 0 Å². The SMILES string of the molecule is CC(C)(C)[C-]=O.[Ag+]. The van der Waals surface area contributed by atoms with E-state index < -0.39 is 0 Å². The van der Waals surface area contributed by atoms with Crippen molar-refractivity contribution in [3.63, 3.8) is 0 Å². The molecule has 0 rings (SSSR count). The summed E-state index contributed by atoms with van der Waals surface area (Å²) in [4.78, 5) is 9.70. The van der Waals surface area contributed by atoms with Gasteiger partial charge in [-0.3, -0.25) is 6.29 Å². The Labute approximate surface area is 60.0 Å². The Morgan fingerprint density at radius 3 is 1.43 bits per heavy atom. The van der Waals surface area contributed by atoms with Crippen LogP contribution < -0.4 is 0 Å². The number of rotatable bonds is 0. The van der Waals surface area contributed by atoms with Gasteiger partial charge in [0.05, 0.1) is 0 Å². The predicted octanol–water partition coefficient (Wildman–Crippen LogP) is 1.14. The molecule has 7 heavy (non-hydrogen) atoms. The van der Waals surface area contributed by atoms with E-state index in [1.165, 1.54) is 0 Å². The second-order valence-corrected chi connectivity index (χ2v) is 2.35. The monoisotopic (exact) mass is 192 g/mol. The van der Waals surface area contributed by atoms with Gasteiger partial charge in [-0.05, 0) is 0 Å². The Hall–Kier alpha value is 0.410. The van der Waals surface area contributed by atoms with Crippen LogP contribution in [-0.4, -0.2) is 6.29 Å². The molecule has 0 aliphatic heterocycles. The van der Waals surface area contributed by atoms with Crippen LogP contribution in [0.4, 0.5) is 0 Å². The van der Waals surface area contributed by atoms with Crippen LogP contribution in [0.3, 0.4) is 0 Å². The van der Waals surface area contributed by atoms with E-state index in [0.29, 0.717) is 0 Å². The molecule has 0 aliphatic carbocycles. The number of hydrogen-bond donors (Lipinski definition) is 0. The average Bonchev–Trinajstić information content (AvgIpc) is 1.35. The van der Waals surface area contributed by atoms with Gasteiger partial charge in [-0.25, -0.2) is 0 Å². The van der Waals surface area contributed by atoms with Gasteiger partial charge < -0.3 is 4.79 Å². The molecule has 0 aromatic heterocycles. The predicted molar refractivity (Wildman–Crippen MR) is 25.1 cm³/mol. The molecule has 1 nitrogen and oxygen atoms in total. The largest absolute Gasteiger partial charge is 1.00 e. The molecule has 0 N–H and O–H groups in total. The van der Waals surface area contributed by atoms with Crippen molar-refractivity contribution in [2.45, 2.75) is 20.8 Å². The summed E-state index contributed by atoms with van der Waals surface area (Å²) in [5, 5.41) is 0. The van der Waals surface area contributed by atoms with Crippen molar-refractivity contribution in [2.75, 3.05) is 0 Å². The summed E-state index contributed by atoms with van der Waals surface area (Å²) in [7, 11) is 0. The molecule has 0 saturated carbocycles. The fourth-order valence-corrected chi connectivity index (χ4v) is 0. The summed E-state index contributed by atoms with van der Waals surface area (Å²) < 4.78 is 0. The third-order valence-corrected chi connectivity index (χ3v) is 0.306. The molecular formula is C5H9AgO. The van der Waals surface area contributed by atoms with E-state index in [-0.39, 0.29) is 27.8 Å². The zero-order valence-corrected chi connectivity index (χ0v) is 6.19. The maximum absolute atomic E-state index is 9.70. The van der Waals surface area contributed by atoms with Gasteiger partial charge in [0.2, 0.25) is 0 Å². The molecule has 0 radical (unpaired) electrons. The topological polar surface area (TPSA) is 17.1 Å². The molecule has 0 fully saturated rings. The van der Waals surface area contributed by atoms with Gasteiger partial charge in [-0.2, -0.15) is 0 Å². The Kier molecular flexibility index (Phi) is 5.08. The van der Waals surface area contributed by atoms with Crippen molar-refractivity contribution < 1.29 is 27.2 Å². The van der Waals surface area contributed by atoms with Crippen LogP contribution in [0, 0.1) is 5.41 Å².